The van der Waals surface area contributed by atoms with Gasteiger partial charge >= 0.3 is 0 Å². The van der Waals surface area contributed by atoms with Gasteiger partial charge in [0.15, 0.2) is 0 Å². The van der Waals surface area contributed by atoms with Gasteiger partial charge in [-0.05, 0) is 36.8 Å². The van der Waals surface area contributed by atoms with Crippen LogP contribution in [0, 0.1) is 11.7 Å². The molecule has 2 aromatic rings. The van der Waals surface area contributed by atoms with Crippen molar-refractivity contribution < 1.29 is 18.7 Å². The Hall–Kier alpha value is -2.89. The zero-order valence-corrected chi connectivity index (χ0v) is 15.5. The number of nitrogens with zero attached hydrogens (tertiary/aromatic N) is 2. The number of rotatable bonds is 6. The number of methoxy groups -OCH3 is 1. The molecule has 1 heterocycles. The molecule has 1 saturated heterocycles. The predicted molar refractivity (Wildman–Crippen MR) is 101 cm³/mol. The molecule has 3 rings (SSSR count). The molecule has 6 heteroatoms. The van der Waals surface area contributed by atoms with Gasteiger partial charge < -0.3 is 14.5 Å². The first-order chi connectivity index (χ1) is 13.0. The number of carbonyl (C=O) groups is 2. The highest BCUT2D eigenvalue weighted by atomic mass is 19.1. The number of hydrogen-bond acceptors (Lipinski definition) is 3. The van der Waals surface area contributed by atoms with E-state index < -0.39 is 5.92 Å². The number of amides is 2. The first-order valence-corrected chi connectivity index (χ1v) is 8.99. The van der Waals surface area contributed by atoms with Crippen molar-refractivity contribution >= 4 is 17.5 Å². The van der Waals surface area contributed by atoms with E-state index in [-0.39, 0.29) is 24.1 Å². The van der Waals surface area contributed by atoms with Gasteiger partial charge in [-0.25, -0.2) is 4.39 Å². The van der Waals surface area contributed by atoms with Crippen molar-refractivity contribution in [3.8, 4) is 5.75 Å². The highest BCUT2D eigenvalue weighted by Gasteiger charge is 2.37. The van der Waals surface area contributed by atoms with Crippen molar-refractivity contribution in [2.45, 2.75) is 19.9 Å². The number of anilines is 1. The van der Waals surface area contributed by atoms with Crippen LogP contribution in [0.25, 0.3) is 0 Å². The summed E-state index contributed by atoms with van der Waals surface area (Å²) in [5.41, 5.74) is 1.46. The number of hydrogen-bond donors (Lipinski definition) is 0. The van der Waals surface area contributed by atoms with Crippen LogP contribution < -0.4 is 9.64 Å². The van der Waals surface area contributed by atoms with Crippen LogP contribution in [0.2, 0.25) is 0 Å². The van der Waals surface area contributed by atoms with Crippen LogP contribution in [0.4, 0.5) is 10.1 Å². The molecule has 0 saturated carbocycles. The van der Waals surface area contributed by atoms with E-state index in [1.165, 1.54) is 12.1 Å². The van der Waals surface area contributed by atoms with Crippen LogP contribution in [0.3, 0.4) is 0 Å². The molecule has 1 unspecified atom stereocenters. The molecular formula is C21H23FN2O3. The van der Waals surface area contributed by atoms with Gasteiger partial charge in [-0.15, -0.1) is 0 Å². The van der Waals surface area contributed by atoms with Crippen LogP contribution in [-0.2, 0) is 16.1 Å². The smallest absolute Gasteiger partial charge is 0.228 e. The first kappa shape index (κ1) is 18.9. The molecule has 5 nitrogen and oxygen atoms in total. The maximum atomic E-state index is 13.4. The van der Waals surface area contributed by atoms with Gasteiger partial charge in [0.25, 0.3) is 0 Å². The lowest BCUT2D eigenvalue weighted by atomic mass is 10.1. The Balaban J connectivity index is 1.71. The standard InChI is InChI=1S/C21H23FN2O3/c1-3-23(13-15-6-4-7-17(22)10-15)21(26)16-11-20(25)24(14-16)18-8-5-9-19(12-18)27-2/h4-10,12,16H,3,11,13-14H2,1-2H3. The largest absolute Gasteiger partial charge is 0.497 e. The topological polar surface area (TPSA) is 49.9 Å². The van der Waals surface area contributed by atoms with E-state index in [2.05, 4.69) is 0 Å². The molecule has 1 fully saturated rings. The normalized spacial score (nSPS) is 16.5. The Morgan fingerprint density at radius 3 is 2.74 bits per heavy atom. The van der Waals surface area contributed by atoms with E-state index in [9.17, 15) is 14.0 Å². The van der Waals surface area contributed by atoms with E-state index in [0.29, 0.717) is 25.4 Å². The maximum Gasteiger partial charge on any atom is 0.228 e. The second-order valence-electron chi connectivity index (χ2n) is 6.59. The van der Waals surface area contributed by atoms with Crippen LogP contribution >= 0.6 is 0 Å². The zero-order chi connectivity index (χ0) is 19.4. The van der Waals surface area contributed by atoms with Crippen molar-refractivity contribution in [2.24, 2.45) is 5.92 Å². The SMILES string of the molecule is CCN(Cc1cccc(F)c1)C(=O)C1CC(=O)N(c2cccc(OC)c2)C1. The fourth-order valence-electron chi connectivity index (χ4n) is 3.36. The summed E-state index contributed by atoms with van der Waals surface area (Å²) in [5.74, 6) is -0.228. The van der Waals surface area contributed by atoms with Crippen LogP contribution in [-0.4, -0.2) is 36.9 Å². The second-order valence-corrected chi connectivity index (χ2v) is 6.59. The number of benzene rings is 2. The Bertz CT molecular complexity index is 840. The van der Waals surface area contributed by atoms with Crippen molar-refractivity contribution in [3.63, 3.8) is 0 Å². The number of halogens is 1. The molecule has 0 bridgehead atoms. The zero-order valence-electron chi connectivity index (χ0n) is 15.5. The molecule has 0 aliphatic carbocycles. The molecule has 0 spiro atoms. The average molecular weight is 370 g/mol. The third-order valence-electron chi connectivity index (χ3n) is 4.80. The van der Waals surface area contributed by atoms with E-state index in [0.717, 1.165) is 11.3 Å². The highest BCUT2D eigenvalue weighted by molar-refractivity contribution is 6.00. The van der Waals surface area contributed by atoms with Crippen molar-refractivity contribution in [1.29, 1.82) is 0 Å². The van der Waals surface area contributed by atoms with E-state index >= 15 is 0 Å². The molecular weight excluding hydrogens is 347 g/mol. The fraction of sp³-hybridized carbons (Fsp3) is 0.333. The third kappa shape index (κ3) is 4.27. The van der Waals surface area contributed by atoms with Crippen molar-refractivity contribution in [3.05, 3.63) is 59.9 Å². The summed E-state index contributed by atoms with van der Waals surface area (Å²) in [6, 6.07) is 13.5. The van der Waals surface area contributed by atoms with Gasteiger partial charge in [-0.1, -0.05) is 18.2 Å². The quantitative estimate of drug-likeness (QED) is 0.784. The van der Waals surface area contributed by atoms with E-state index in [1.54, 1.807) is 35.1 Å². The molecule has 1 aliphatic heterocycles. The predicted octanol–water partition coefficient (Wildman–Crippen LogP) is 3.24. The lowest BCUT2D eigenvalue weighted by molar-refractivity contribution is -0.136. The summed E-state index contributed by atoms with van der Waals surface area (Å²) in [7, 11) is 1.57. The molecule has 1 atom stereocenters. The van der Waals surface area contributed by atoms with Gasteiger partial charge in [0.05, 0.1) is 13.0 Å². The summed E-state index contributed by atoms with van der Waals surface area (Å²) in [5, 5.41) is 0. The van der Waals surface area contributed by atoms with Crippen LogP contribution in [0.5, 0.6) is 5.75 Å². The van der Waals surface area contributed by atoms with Gasteiger partial charge in [-0.3, -0.25) is 9.59 Å². The minimum absolute atomic E-state index is 0.0802. The molecule has 2 aromatic carbocycles. The van der Waals surface area contributed by atoms with Gasteiger partial charge in [0.2, 0.25) is 11.8 Å². The van der Waals surface area contributed by atoms with Gasteiger partial charge in [0.1, 0.15) is 11.6 Å². The summed E-state index contributed by atoms with van der Waals surface area (Å²) < 4.78 is 18.6. The Morgan fingerprint density at radius 1 is 1.26 bits per heavy atom. The molecule has 142 valence electrons. The highest BCUT2D eigenvalue weighted by Crippen LogP contribution is 2.29. The monoisotopic (exact) mass is 370 g/mol. The third-order valence-corrected chi connectivity index (χ3v) is 4.80. The molecule has 2 amide bonds. The summed E-state index contributed by atoms with van der Waals surface area (Å²) in [4.78, 5) is 28.7. The number of ether oxygens (including phenoxy) is 1. The van der Waals surface area contributed by atoms with Crippen molar-refractivity contribution in [2.75, 3.05) is 25.1 Å². The second kappa shape index (κ2) is 8.20. The molecule has 0 aromatic heterocycles. The molecule has 1 aliphatic rings. The Morgan fingerprint density at radius 2 is 2.04 bits per heavy atom. The van der Waals surface area contributed by atoms with Crippen molar-refractivity contribution in [1.82, 2.24) is 4.90 Å². The summed E-state index contributed by atoms with van der Waals surface area (Å²) >= 11 is 0. The lowest BCUT2D eigenvalue weighted by Gasteiger charge is -2.24. The summed E-state index contributed by atoms with van der Waals surface area (Å²) in [6.07, 6.45) is 0.176. The van der Waals surface area contributed by atoms with Gasteiger partial charge in [-0.2, -0.15) is 0 Å². The van der Waals surface area contributed by atoms with E-state index in [4.69, 9.17) is 4.74 Å². The summed E-state index contributed by atoms with van der Waals surface area (Å²) in [6.45, 7) is 3.05. The minimum Gasteiger partial charge on any atom is -0.497 e. The Kier molecular flexibility index (Phi) is 5.74. The molecule has 0 N–H and O–H groups in total. The molecule has 27 heavy (non-hydrogen) atoms. The minimum atomic E-state index is -0.405. The van der Waals surface area contributed by atoms with E-state index in [1.807, 2.05) is 25.1 Å². The first-order valence-electron chi connectivity index (χ1n) is 8.99. The average Bonchev–Trinajstić information content (AvgIpc) is 3.07. The van der Waals surface area contributed by atoms with Gasteiger partial charge in [0, 0.05) is 37.8 Å². The lowest BCUT2D eigenvalue weighted by Crippen LogP contribution is -2.37. The number of carbonyl (C=O) groups excluding carboxylic acids is 2. The fourth-order valence-corrected chi connectivity index (χ4v) is 3.36. The van der Waals surface area contributed by atoms with Crippen LogP contribution in [0.1, 0.15) is 18.9 Å². The molecule has 0 radical (unpaired) electrons. The van der Waals surface area contributed by atoms with Crippen LogP contribution in [0.15, 0.2) is 48.5 Å². The Labute approximate surface area is 158 Å². The maximum absolute atomic E-state index is 13.4.